The molecule has 3 amide bonds. The number of nitrogens with one attached hydrogen (secondary N) is 2. The molecule has 1 aromatic rings. The number of hydrogen-bond acceptors (Lipinski definition) is 5. The number of nitrogens with two attached hydrogens (primary N) is 1. The highest BCUT2D eigenvalue weighted by Gasteiger charge is 2.49. The summed E-state index contributed by atoms with van der Waals surface area (Å²) in [6.07, 6.45) is 0. The van der Waals surface area contributed by atoms with Crippen molar-refractivity contribution in [1.82, 2.24) is 15.5 Å². The maximum Gasteiger partial charge on any atom is 0.315 e. The number of rotatable bonds is 5. The molecule has 0 atom stereocenters. The minimum Gasteiger partial charge on any atom is -0.493 e. The van der Waals surface area contributed by atoms with Gasteiger partial charge in [-0.2, -0.15) is 0 Å². The highest BCUT2D eigenvalue weighted by Crippen LogP contribution is 2.30. The Bertz CT molecular complexity index is 628. The molecule has 0 aromatic heterocycles. The van der Waals surface area contributed by atoms with E-state index >= 15 is 0 Å². The molecule has 8 heteroatoms. The monoisotopic (exact) mass is 320 g/mol. The fraction of sp³-hybridized carbons (Fsp3) is 0.467. The van der Waals surface area contributed by atoms with Crippen LogP contribution in [0.25, 0.3) is 0 Å². The van der Waals surface area contributed by atoms with Gasteiger partial charge in [0.15, 0.2) is 11.5 Å². The Morgan fingerprint density at radius 1 is 1.39 bits per heavy atom. The molecule has 124 valence electrons. The molecule has 0 unspecified atom stereocenters. The second kappa shape index (κ2) is 5.96. The van der Waals surface area contributed by atoms with Crippen LogP contribution in [0.2, 0.25) is 0 Å². The third-order valence-electron chi connectivity index (χ3n) is 4.03. The van der Waals surface area contributed by atoms with Crippen LogP contribution in [0.5, 0.6) is 11.5 Å². The molecule has 1 aromatic carbocycles. The van der Waals surface area contributed by atoms with Crippen molar-refractivity contribution in [3.05, 3.63) is 23.8 Å². The van der Waals surface area contributed by atoms with Crippen molar-refractivity contribution in [2.24, 2.45) is 5.73 Å². The van der Waals surface area contributed by atoms with E-state index in [0.29, 0.717) is 49.8 Å². The first-order valence-electron chi connectivity index (χ1n) is 7.43. The Hall–Kier alpha value is -2.48. The van der Waals surface area contributed by atoms with E-state index in [9.17, 15) is 9.59 Å². The van der Waals surface area contributed by atoms with Gasteiger partial charge in [-0.1, -0.05) is 0 Å². The number of nitrogens with zero attached hydrogens (tertiary/aromatic N) is 1. The average Bonchev–Trinajstić information content (AvgIpc) is 2.92. The minimum absolute atomic E-state index is 0.1000. The minimum atomic E-state index is -0.321. The number of amides is 3. The number of benzene rings is 1. The normalized spacial score (nSPS) is 18.2. The Labute approximate surface area is 133 Å². The van der Waals surface area contributed by atoms with Crippen molar-refractivity contribution >= 4 is 11.9 Å². The zero-order chi connectivity index (χ0) is 16.4. The second-order valence-corrected chi connectivity index (χ2v) is 5.75. The van der Waals surface area contributed by atoms with Gasteiger partial charge < -0.3 is 30.7 Å². The molecule has 0 radical (unpaired) electrons. The van der Waals surface area contributed by atoms with Gasteiger partial charge in [0, 0.05) is 31.7 Å². The summed E-state index contributed by atoms with van der Waals surface area (Å²) in [6.45, 7) is 2.26. The molecule has 23 heavy (non-hydrogen) atoms. The van der Waals surface area contributed by atoms with Crippen molar-refractivity contribution in [3.8, 4) is 11.5 Å². The number of carbonyl (C=O) groups is 2. The van der Waals surface area contributed by atoms with Gasteiger partial charge in [0.2, 0.25) is 0 Å². The summed E-state index contributed by atoms with van der Waals surface area (Å²) in [5.74, 6) is 0.953. The van der Waals surface area contributed by atoms with E-state index in [4.69, 9.17) is 15.2 Å². The van der Waals surface area contributed by atoms with E-state index in [1.165, 1.54) is 0 Å². The maximum atomic E-state index is 12.5. The van der Waals surface area contributed by atoms with Crippen LogP contribution in [0.15, 0.2) is 18.2 Å². The maximum absolute atomic E-state index is 12.5. The molecule has 0 bridgehead atoms. The van der Waals surface area contributed by atoms with E-state index in [1.807, 2.05) is 0 Å². The first-order chi connectivity index (χ1) is 11.1. The lowest BCUT2D eigenvalue weighted by Gasteiger charge is -2.46. The fourth-order valence-corrected chi connectivity index (χ4v) is 2.87. The Kier molecular flexibility index (Phi) is 3.99. The Balaban J connectivity index is 1.69. The lowest BCUT2D eigenvalue weighted by molar-refractivity contribution is 0.0396. The number of ether oxygens (including phenoxy) is 2. The van der Waals surface area contributed by atoms with E-state index in [2.05, 4.69) is 10.6 Å². The Morgan fingerprint density at radius 3 is 2.78 bits per heavy atom. The molecular weight excluding hydrogens is 300 g/mol. The molecular formula is C15H20N4O4. The van der Waals surface area contributed by atoms with Crippen LogP contribution in [0.4, 0.5) is 4.79 Å². The van der Waals surface area contributed by atoms with Gasteiger partial charge in [-0.05, 0) is 18.2 Å². The number of likely N-dealkylation sites (tertiary alicyclic amines) is 1. The molecule has 3 rings (SSSR count). The lowest BCUT2D eigenvalue weighted by atomic mass is 9.90. The largest absolute Gasteiger partial charge is 0.493 e. The summed E-state index contributed by atoms with van der Waals surface area (Å²) in [6, 6.07) is 4.88. The van der Waals surface area contributed by atoms with E-state index in [-0.39, 0.29) is 17.5 Å². The molecule has 2 heterocycles. The molecule has 2 aliphatic rings. The molecule has 1 spiro atoms. The van der Waals surface area contributed by atoms with Gasteiger partial charge >= 0.3 is 6.03 Å². The first kappa shape index (κ1) is 15.4. The standard InChI is InChI=1S/C15H20N4O4/c1-22-11-3-2-10(6-12(11)23-5-4-16)13(20)19-8-15(9-19)7-17-14(21)18-15/h2-3,6H,4-5,7-9,16H2,1H3,(H2,17,18,21). The van der Waals surface area contributed by atoms with Gasteiger partial charge in [0.25, 0.3) is 5.91 Å². The van der Waals surface area contributed by atoms with Crippen LogP contribution in [0.3, 0.4) is 0 Å². The smallest absolute Gasteiger partial charge is 0.315 e. The molecule has 0 saturated carbocycles. The van der Waals surface area contributed by atoms with Gasteiger partial charge in [-0.3, -0.25) is 4.79 Å². The number of urea groups is 1. The summed E-state index contributed by atoms with van der Waals surface area (Å²) in [4.78, 5) is 25.5. The first-order valence-corrected chi connectivity index (χ1v) is 7.43. The van der Waals surface area contributed by atoms with Crippen LogP contribution < -0.4 is 25.8 Å². The predicted molar refractivity (Wildman–Crippen MR) is 82.7 cm³/mol. The fourth-order valence-electron chi connectivity index (χ4n) is 2.87. The zero-order valence-electron chi connectivity index (χ0n) is 12.9. The molecule has 4 N–H and O–H groups in total. The highest BCUT2D eigenvalue weighted by atomic mass is 16.5. The van der Waals surface area contributed by atoms with E-state index in [1.54, 1.807) is 30.2 Å². The van der Waals surface area contributed by atoms with Crippen molar-refractivity contribution in [2.75, 3.05) is 39.9 Å². The third kappa shape index (κ3) is 2.89. The van der Waals surface area contributed by atoms with Crippen LogP contribution >= 0.6 is 0 Å². The van der Waals surface area contributed by atoms with Crippen LogP contribution in [-0.2, 0) is 0 Å². The average molecular weight is 320 g/mol. The predicted octanol–water partition coefficient (Wildman–Crippen LogP) is -0.460. The lowest BCUT2D eigenvalue weighted by Crippen LogP contribution is -2.70. The van der Waals surface area contributed by atoms with Gasteiger partial charge in [0.1, 0.15) is 6.61 Å². The second-order valence-electron chi connectivity index (χ2n) is 5.75. The van der Waals surface area contributed by atoms with Gasteiger partial charge in [-0.15, -0.1) is 0 Å². The van der Waals surface area contributed by atoms with E-state index < -0.39 is 0 Å². The highest BCUT2D eigenvalue weighted by molar-refractivity contribution is 5.96. The number of hydrogen-bond donors (Lipinski definition) is 3. The summed E-state index contributed by atoms with van der Waals surface area (Å²) in [5.41, 5.74) is 5.64. The van der Waals surface area contributed by atoms with Crippen LogP contribution in [-0.4, -0.2) is 62.3 Å². The molecule has 2 aliphatic heterocycles. The summed E-state index contributed by atoms with van der Waals surface area (Å²) in [5, 5.41) is 5.58. The molecule has 2 fully saturated rings. The van der Waals surface area contributed by atoms with Gasteiger partial charge in [0.05, 0.1) is 12.6 Å². The topological polar surface area (TPSA) is 106 Å². The summed E-state index contributed by atoms with van der Waals surface area (Å²) < 4.78 is 10.7. The quantitative estimate of drug-likeness (QED) is 0.681. The number of carbonyl (C=O) groups excluding carboxylic acids is 2. The van der Waals surface area contributed by atoms with E-state index in [0.717, 1.165) is 0 Å². The zero-order valence-corrected chi connectivity index (χ0v) is 12.9. The van der Waals surface area contributed by atoms with Crippen LogP contribution in [0.1, 0.15) is 10.4 Å². The van der Waals surface area contributed by atoms with Crippen LogP contribution in [0, 0.1) is 0 Å². The molecule has 0 aliphatic carbocycles. The summed E-state index contributed by atoms with van der Waals surface area (Å²) >= 11 is 0. The number of methoxy groups -OCH3 is 1. The molecule has 2 saturated heterocycles. The summed E-state index contributed by atoms with van der Waals surface area (Å²) in [7, 11) is 1.54. The van der Waals surface area contributed by atoms with Gasteiger partial charge in [-0.25, -0.2) is 4.79 Å². The van der Waals surface area contributed by atoms with Crippen molar-refractivity contribution in [1.29, 1.82) is 0 Å². The molecule has 8 nitrogen and oxygen atoms in total. The van der Waals surface area contributed by atoms with Crippen molar-refractivity contribution < 1.29 is 19.1 Å². The Morgan fingerprint density at radius 2 is 2.17 bits per heavy atom. The van der Waals surface area contributed by atoms with Crippen molar-refractivity contribution in [2.45, 2.75) is 5.54 Å². The third-order valence-corrected chi connectivity index (χ3v) is 4.03. The SMILES string of the molecule is COc1ccc(C(=O)N2CC3(CNC(=O)N3)C2)cc1OCCN. The van der Waals surface area contributed by atoms with Crippen molar-refractivity contribution in [3.63, 3.8) is 0 Å².